The van der Waals surface area contributed by atoms with Crippen LogP contribution in [-0.4, -0.2) is 15.0 Å². The first-order valence-electron chi connectivity index (χ1n) is 5.62. The van der Waals surface area contributed by atoms with E-state index in [0.29, 0.717) is 12.1 Å². The summed E-state index contributed by atoms with van der Waals surface area (Å²) in [6.07, 6.45) is 5.43. The van der Waals surface area contributed by atoms with Crippen LogP contribution in [0.2, 0.25) is 0 Å². The van der Waals surface area contributed by atoms with Crippen molar-refractivity contribution in [2.75, 3.05) is 0 Å². The minimum absolute atomic E-state index is 0.192. The fraction of sp³-hybridized carbons (Fsp3) is 0.231. The molecule has 0 saturated heterocycles. The molecule has 5 nitrogen and oxygen atoms in total. The lowest BCUT2D eigenvalue weighted by atomic mass is 10.2. The van der Waals surface area contributed by atoms with Crippen molar-refractivity contribution in [3.05, 3.63) is 58.3 Å². The monoisotopic (exact) mass is 245 g/mol. The summed E-state index contributed by atoms with van der Waals surface area (Å²) in [5, 5.41) is 2.77. The van der Waals surface area contributed by atoms with Crippen molar-refractivity contribution >= 4 is 5.91 Å². The average molecular weight is 245 g/mol. The van der Waals surface area contributed by atoms with Gasteiger partial charge in [0.25, 0.3) is 11.5 Å². The van der Waals surface area contributed by atoms with Gasteiger partial charge in [-0.05, 0) is 17.7 Å². The number of carbonyl (C=O) groups is 1. The first-order chi connectivity index (χ1) is 8.56. The Labute approximate surface area is 105 Å². The molecule has 0 bridgehead atoms. The van der Waals surface area contributed by atoms with E-state index in [4.69, 9.17) is 0 Å². The molecule has 1 amide bonds. The topological polar surface area (TPSA) is 56.0 Å². The molecule has 1 N–H and O–H groups in total. The Hall–Kier alpha value is -2.30. The smallest absolute Gasteiger partial charge is 0.251 e. The number of aromatic nitrogens is 2. The van der Waals surface area contributed by atoms with Gasteiger partial charge in [0.2, 0.25) is 0 Å². The van der Waals surface area contributed by atoms with Crippen LogP contribution in [0.5, 0.6) is 0 Å². The van der Waals surface area contributed by atoms with Gasteiger partial charge in [-0.2, -0.15) is 0 Å². The summed E-state index contributed by atoms with van der Waals surface area (Å²) in [7, 11) is 3.57. The minimum atomic E-state index is -0.239. The van der Waals surface area contributed by atoms with Crippen LogP contribution < -0.4 is 10.9 Å². The Morgan fingerprint density at radius 2 is 2.06 bits per heavy atom. The molecule has 0 spiro atoms. The highest BCUT2D eigenvalue weighted by molar-refractivity contribution is 5.93. The maximum atomic E-state index is 11.8. The van der Waals surface area contributed by atoms with Crippen molar-refractivity contribution < 1.29 is 4.79 Å². The summed E-state index contributed by atoms with van der Waals surface area (Å²) in [5.74, 6) is -0.239. The Balaban J connectivity index is 2.03. The second-order valence-corrected chi connectivity index (χ2v) is 4.23. The zero-order chi connectivity index (χ0) is 13.1. The Kier molecular flexibility index (Phi) is 3.32. The first kappa shape index (κ1) is 12.2. The van der Waals surface area contributed by atoms with Gasteiger partial charge >= 0.3 is 0 Å². The van der Waals surface area contributed by atoms with Crippen LogP contribution in [-0.2, 0) is 20.6 Å². The molecule has 0 aliphatic rings. The molecule has 2 rings (SSSR count). The summed E-state index contributed by atoms with van der Waals surface area (Å²) in [5.41, 5.74) is 1.21. The lowest BCUT2D eigenvalue weighted by Crippen LogP contribution is -2.25. The van der Waals surface area contributed by atoms with E-state index in [9.17, 15) is 9.59 Å². The second-order valence-electron chi connectivity index (χ2n) is 4.23. The van der Waals surface area contributed by atoms with Gasteiger partial charge in [-0.1, -0.05) is 0 Å². The summed E-state index contributed by atoms with van der Waals surface area (Å²) in [6.45, 7) is 0.453. The number of nitrogens with zero attached hydrogens (tertiary/aromatic N) is 2. The van der Waals surface area contributed by atoms with E-state index < -0.39 is 0 Å². The molecule has 5 heteroatoms. The van der Waals surface area contributed by atoms with Crippen molar-refractivity contribution in [1.29, 1.82) is 0 Å². The maximum Gasteiger partial charge on any atom is 0.251 e. The van der Waals surface area contributed by atoms with Crippen LogP contribution in [0.15, 0.2) is 41.6 Å². The number of hydrogen-bond donors (Lipinski definition) is 1. The molecule has 0 aliphatic heterocycles. The molecule has 0 aliphatic carbocycles. The second kappa shape index (κ2) is 4.91. The van der Waals surface area contributed by atoms with Crippen LogP contribution >= 0.6 is 0 Å². The number of aryl methyl sites for hydroxylation is 2. The summed E-state index contributed by atoms with van der Waals surface area (Å²) in [6, 6.07) is 4.90. The normalized spacial score (nSPS) is 10.3. The molecule has 2 heterocycles. The van der Waals surface area contributed by atoms with E-state index in [1.165, 1.54) is 10.6 Å². The van der Waals surface area contributed by atoms with E-state index in [1.807, 2.05) is 30.1 Å². The van der Waals surface area contributed by atoms with Crippen LogP contribution in [0.4, 0.5) is 0 Å². The van der Waals surface area contributed by atoms with Gasteiger partial charge in [0, 0.05) is 50.9 Å². The lowest BCUT2D eigenvalue weighted by molar-refractivity contribution is 0.0950. The van der Waals surface area contributed by atoms with Crippen molar-refractivity contribution in [2.24, 2.45) is 14.1 Å². The highest BCUT2D eigenvalue weighted by Crippen LogP contribution is 2.00. The summed E-state index contributed by atoms with van der Waals surface area (Å²) >= 11 is 0. The molecule has 0 atom stereocenters. The molecule has 0 radical (unpaired) electrons. The molecule has 0 fully saturated rings. The van der Waals surface area contributed by atoms with E-state index in [2.05, 4.69) is 5.32 Å². The van der Waals surface area contributed by atoms with E-state index in [1.54, 1.807) is 19.3 Å². The Morgan fingerprint density at radius 3 is 2.67 bits per heavy atom. The predicted molar refractivity (Wildman–Crippen MR) is 68.3 cm³/mol. The van der Waals surface area contributed by atoms with Crippen molar-refractivity contribution in [3.8, 4) is 0 Å². The van der Waals surface area contributed by atoms with Crippen LogP contribution in [0.1, 0.15) is 15.9 Å². The van der Waals surface area contributed by atoms with Gasteiger partial charge < -0.3 is 14.5 Å². The molecule has 2 aromatic rings. The molecule has 0 aromatic carbocycles. The highest BCUT2D eigenvalue weighted by atomic mass is 16.2. The van der Waals surface area contributed by atoms with Crippen LogP contribution in [0.3, 0.4) is 0 Å². The number of carbonyl (C=O) groups excluding carboxylic acids is 1. The third-order valence-corrected chi connectivity index (χ3v) is 2.71. The molecule has 94 valence electrons. The first-order valence-corrected chi connectivity index (χ1v) is 5.62. The number of rotatable bonds is 3. The zero-order valence-electron chi connectivity index (χ0n) is 10.4. The van der Waals surface area contributed by atoms with Gasteiger partial charge in [-0.3, -0.25) is 9.59 Å². The van der Waals surface area contributed by atoms with Gasteiger partial charge in [0.15, 0.2) is 0 Å². The summed E-state index contributed by atoms with van der Waals surface area (Å²) in [4.78, 5) is 23.2. The van der Waals surface area contributed by atoms with Crippen molar-refractivity contribution in [1.82, 2.24) is 14.5 Å². The molecule has 0 unspecified atom stereocenters. The van der Waals surface area contributed by atoms with Gasteiger partial charge in [0.1, 0.15) is 0 Å². The standard InChI is InChI=1S/C13H15N3O2/c1-15-5-3-10(9-15)8-14-13(18)11-4-6-16(2)12(17)7-11/h3-7,9H,8H2,1-2H3,(H,14,18). The Morgan fingerprint density at radius 1 is 1.28 bits per heavy atom. The molecular weight excluding hydrogens is 230 g/mol. The van der Waals surface area contributed by atoms with Crippen LogP contribution in [0.25, 0.3) is 0 Å². The van der Waals surface area contributed by atoms with Gasteiger partial charge in [0.05, 0.1) is 0 Å². The fourth-order valence-corrected chi connectivity index (χ4v) is 1.64. The third-order valence-electron chi connectivity index (χ3n) is 2.71. The third kappa shape index (κ3) is 2.68. The quantitative estimate of drug-likeness (QED) is 0.863. The maximum absolute atomic E-state index is 11.8. The highest BCUT2D eigenvalue weighted by Gasteiger charge is 2.06. The summed E-state index contributed by atoms with van der Waals surface area (Å²) < 4.78 is 3.34. The fourth-order valence-electron chi connectivity index (χ4n) is 1.64. The number of pyridine rings is 1. The lowest BCUT2D eigenvalue weighted by Gasteiger charge is -2.04. The molecular formula is C13H15N3O2. The average Bonchev–Trinajstić information content (AvgIpc) is 2.75. The van der Waals surface area contributed by atoms with Crippen molar-refractivity contribution in [3.63, 3.8) is 0 Å². The molecule has 2 aromatic heterocycles. The van der Waals surface area contributed by atoms with Crippen LogP contribution in [0, 0.1) is 0 Å². The number of hydrogen-bond acceptors (Lipinski definition) is 2. The minimum Gasteiger partial charge on any atom is -0.357 e. The van der Waals surface area contributed by atoms with E-state index in [-0.39, 0.29) is 11.5 Å². The zero-order valence-corrected chi connectivity index (χ0v) is 10.4. The van der Waals surface area contributed by atoms with Gasteiger partial charge in [-0.25, -0.2) is 0 Å². The SMILES string of the molecule is Cn1ccc(CNC(=O)c2ccn(C)c(=O)c2)c1. The number of amides is 1. The predicted octanol–water partition coefficient (Wildman–Crippen LogP) is 0.654. The van der Waals surface area contributed by atoms with E-state index in [0.717, 1.165) is 5.56 Å². The van der Waals surface area contributed by atoms with Gasteiger partial charge in [-0.15, -0.1) is 0 Å². The number of nitrogens with one attached hydrogen (secondary N) is 1. The Bertz CT molecular complexity index is 625. The molecule has 0 saturated carbocycles. The van der Waals surface area contributed by atoms with E-state index >= 15 is 0 Å². The van der Waals surface area contributed by atoms with Crippen molar-refractivity contribution in [2.45, 2.75) is 6.54 Å². The molecule has 18 heavy (non-hydrogen) atoms. The largest absolute Gasteiger partial charge is 0.357 e.